The zero-order valence-electron chi connectivity index (χ0n) is 26.1. The molecule has 0 saturated heterocycles. The van der Waals surface area contributed by atoms with Gasteiger partial charge in [-0.15, -0.1) is 0 Å². The average Bonchev–Trinajstić information content (AvgIpc) is 3.70. The summed E-state index contributed by atoms with van der Waals surface area (Å²) in [5.41, 5.74) is -0.134. The van der Waals surface area contributed by atoms with Crippen molar-refractivity contribution in [1.29, 1.82) is 0 Å². The monoisotopic (exact) mass is 665 g/mol. The third kappa shape index (κ3) is 5.59. The minimum atomic E-state index is -5.40. The number of aromatic nitrogens is 2. The van der Waals surface area contributed by atoms with Crippen LogP contribution in [0.5, 0.6) is 5.75 Å². The van der Waals surface area contributed by atoms with Crippen LogP contribution >= 0.6 is 0 Å². The fourth-order valence-corrected chi connectivity index (χ4v) is 5.52. The molecule has 48 heavy (non-hydrogen) atoms. The van der Waals surface area contributed by atoms with Crippen molar-refractivity contribution in [2.45, 2.75) is 50.8 Å². The van der Waals surface area contributed by atoms with E-state index in [9.17, 15) is 37.1 Å². The summed E-state index contributed by atoms with van der Waals surface area (Å²) in [4.78, 5) is 47.3. The predicted octanol–water partition coefficient (Wildman–Crippen LogP) is 4.80. The first kappa shape index (κ1) is 32.8. The van der Waals surface area contributed by atoms with E-state index in [0.717, 1.165) is 23.8 Å². The number of pyridine rings is 2. The molecule has 0 spiro atoms. The summed E-state index contributed by atoms with van der Waals surface area (Å²) in [6, 6.07) is 9.98. The molecule has 1 aliphatic carbocycles. The third-order valence-corrected chi connectivity index (χ3v) is 9.11. The number of amides is 3. The molecule has 0 bridgehead atoms. The number of nitrogens with two attached hydrogens (primary N) is 1. The Bertz CT molecular complexity index is 2000. The number of nitrogens with one attached hydrogen (secondary N) is 2. The molecule has 2 aliphatic rings. The molecule has 2 aromatic heterocycles. The Morgan fingerprint density at radius 1 is 1.06 bits per heavy atom. The Labute approximate surface area is 271 Å². The van der Waals surface area contributed by atoms with Crippen molar-refractivity contribution in [3.63, 3.8) is 0 Å². The van der Waals surface area contributed by atoms with E-state index in [1.165, 1.54) is 31.2 Å². The van der Waals surface area contributed by atoms with Crippen molar-refractivity contribution in [2.24, 2.45) is 11.1 Å². The SMILES string of the molecule is Cc1cnc2c(NC(=O)C3(C)CC3)cc(C(=O)NCC(O)(c3cc4c(c(-c5ccc(F)cc5)n3)OC[C@]4(C)C(N)=O)C(F)(F)F)cc2c1. The minimum absolute atomic E-state index is 0.0464. The third-order valence-electron chi connectivity index (χ3n) is 9.11. The summed E-state index contributed by atoms with van der Waals surface area (Å²) in [5.74, 6) is -2.82. The minimum Gasteiger partial charge on any atom is -0.489 e. The first-order valence-corrected chi connectivity index (χ1v) is 15.0. The number of benzene rings is 2. The van der Waals surface area contributed by atoms with Crippen LogP contribution in [0.3, 0.4) is 0 Å². The van der Waals surface area contributed by atoms with E-state index in [1.54, 1.807) is 26.1 Å². The Morgan fingerprint density at radius 3 is 2.38 bits per heavy atom. The van der Waals surface area contributed by atoms with E-state index in [2.05, 4.69) is 20.6 Å². The molecule has 10 nitrogen and oxygen atoms in total. The maximum absolute atomic E-state index is 14.8. The van der Waals surface area contributed by atoms with Crippen LogP contribution in [0.4, 0.5) is 23.2 Å². The van der Waals surface area contributed by atoms with E-state index >= 15 is 0 Å². The number of hydrogen-bond donors (Lipinski definition) is 4. The van der Waals surface area contributed by atoms with Gasteiger partial charge >= 0.3 is 6.18 Å². The fourth-order valence-electron chi connectivity index (χ4n) is 5.52. The van der Waals surface area contributed by atoms with Crippen LogP contribution in [0.15, 0.2) is 54.7 Å². The molecule has 3 amide bonds. The molecule has 1 aliphatic heterocycles. The van der Waals surface area contributed by atoms with Gasteiger partial charge in [0.25, 0.3) is 5.91 Å². The van der Waals surface area contributed by atoms with Crippen molar-refractivity contribution in [3.8, 4) is 17.0 Å². The molecule has 1 saturated carbocycles. The van der Waals surface area contributed by atoms with Gasteiger partial charge in [0.05, 0.1) is 23.4 Å². The molecule has 0 radical (unpaired) electrons. The lowest BCUT2D eigenvalue weighted by Crippen LogP contribution is -2.51. The van der Waals surface area contributed by atoms with Crippen LogP contribution in [0, 0.1) is 18.2 Å². The fraction of sp³-hybridized carbons (Fsp3) is 0.324. The van der Waals surface area contributed by atoms with E-state index in [0.29, 0.717) is 23.7 Å². The molecular weight excluding hydrogens is 634 g/mol. The molecular formula is C34H31F4N5O5. The number of fused-ring (bicyclic) bond motifs is 2. The lowest BCUT2D eigenvalue weighted by Gasteiger charge is -2.31. The van der Waals surface area contributed by atoms with Crippen molar-refractivity contribution in [2.75, 3.05) is 18.5 Å². The van der Waals surface area contributed by atoms with Crippen molar-refractivity contribution < 1.29 is 41.8 Å². The highest BCUT2D eigenvalue weighted by Gasteiger charge is 2.58. The van der Waals surface area contributed by atoms with E-state index < -0.39 is 52.5 Å². The molecule has 3 heterocycles. The number of aryl methyl sites for hydroxylation is 1. The summed E-state index contributed by atoms with van der Waals surface area (Å²) in [7, 11) is 0. The van der Waals surface area contributed by atoms with Crippen LogP contribution in [0.25, 0.3) is 22.2 Å². The number of alkyl halides is 3. The topological polar surface area (TPSA) is 157 Å². The molecule has 5 N–H and O–H groups in total. The number of aliphatic hydroxyl groups is 1. The van der Waals surface area contributed by atoms with Crippen molar-refractivity contribution in [3.05, 3.63) is 82.9 Å². The quantitative estimate of drug-likeness (QED) is 0.197. The maximum atomic E-state index is 14.8. The van der Waals surface area contributed by atoms with Gasteiger partial charge in [0.15, 0.2) is 0 Å². The number of carbonyl (C=O) groups excluding carboxylic acids is 3. The van der Waals surface area contributed by atoms with Gasteiger partial charge in [0.1, 0.15) is 29.3 Å². The van der Waals surface area contributed by atoms with Gasteiger partial charge in [0, 0.05) is 33.7 Å². The highest BCUT2D eigenvalue weighted by molar-refractivity contribution is 6.07. The van der Waals surface area contributed by atoms with Crippen LogP contribution in [-0.2, 0) is 20.6 Å². The Kier molecular flexibility index (Phi) is 7.69. The lowest BCUT2D eigenvalue weighted by molar-refractivity contribution is -0.265. The molecule has 6 rings (SSSR count). The first-order valence-electron chi connectivity index (χ1n) is 15.0. The molecule has 250 valence electrons. The molecule has 1 fully saturated rings. The van der Waals surface area contributed by atoms with Crippen LogP contribution < -0.4 is 21.1 Å². The molecule has 2 aromatic carbocycles. The van der Waals surface area contributed by atoms with Crippen LogP contribution in [0.1, 0.15) is 53.9 Å². The van der Waals surface area contributed by atoms with Gasteiger partial charge in [-0.3, -0.25) is 19.4 Å². The largest absolute Gasteiger partial charge is 0.489 e. The number of hydrogen-bond acceptors (Lipinski definition) is 7. The highest BCUT2D eigenvalue weighted by atomic mass is 19.4. The van der Waals surface area contributed by atoms with Gasteiger partial charge in [0.2, 0.25) is 17.4 Å². The number of primary amides is 1. The molecule has 1 unspecified atom stereocenters. The smallest absolute Gasteiger partial charge is 0.424 e. The molecule has 14 heteroatoms. The summed E-state index contributed by atoms with van der Waals surface area (Å²) in [6.07, 6.45) is -2.45. The summed E-state index contributed by atoms with van der Waals surface area (Å²) in [6.45, 7) is 3.24. The number of carbonyl (C=O) groups is 3. The van der Waals surface area contributed by atoms with E-state index in [1.807, 2.05) is 0 Å². The number of halogens is 4. The molecule has 2 atom stereocenters. The van der Waals surface area contributed by atoms with E-state index in [-0.39, 0.29) is 46.3 Å². The van der Waals surface area contributed by atoms with Gasteiger partial charge in [-0.1, -0.05) is 6.92 Å². The van der Waals surface area contributed by atoms with Gasteiger partial charge in [-0.2, -0.15) is 13.2 Å². The van der Waals surface area contributed by atoms with Gasteiger partial charge in [-0.05, 0) is 80.8 Å². The van der Waals surface area contributed by atoms with Crippen molar-refractivity contribution in [1.82, 2.24) is 15.3 Å². The van der Waals surface area contributed by atoms with E-state index in [4.69, 9.17) is 10.5 Å². The summed E-state index contributed by atoms with van der Waals surface area (Å²) in [5, 5.41) is 16.8. The molecule has 4 aromatic rings. The second kappa shape index (κ2) is 11.3. The number of ether oxygens (including phenoxy) is 1. The lowest BCUT2D eigenvalue weighted by atomic mass is 9.81. The van der Waals surface area contributed by atoms with Crippen LogP contribution in [-0.4, -0.2) is 52.1 Å². The van der Waals surface area contributed by atoms with Crippen LogP contribution in [0.2, 0.25) is 0 Å². The Morgan fingerprint density at radius 2 is 1.75 bits per heavy atom. The van der Waals surface area contributed by atoms with Gasteiger partial charge < -0.3 is 26.2 Å². The number of nitrogens with zero attached hydrogens (tertiary/aromatic N) is 2. The Balaban J connectivity index is 1.40. The average molecular weight is 666 g/mol. The summed E-state index contributed by atoms with van der Waals surface area (Å²) >= 11 is 0. The Hall–Kier alpha value is -5.11. The highest BCUT2D eigenvalue weighted by Crippen LogP contribution is 2.48. The second-order valence-electron chi connectivity index (χ2n) is 12.9. The number of anilines is 1. The van der Waals surface area contributed by atoms with Gasteiger partial charge in [-0.25, -0.2) is 9.37 Å². The predicted molar refractivity (Wildman–Crippen MR) is 166 cm³/mol. The normalized spacial score (nSPS) is 19.2. The standard InChI is InChI=1S/C34H31F4N5O5/c1-17-10-19-11-20(12-23(25(19)40-14-17)42-30(46)31(2)8-9-31)28(44)41-15-33(47,34(36,37)38)24-13-22-27(48-16-32(22,3)29(39)45)26(43-24)18-4-6-21(35)7-5-18/h4-7,10-14,47H,8-9,15-16H2,1-3H3,(H2,39,45)(H,41,44)(H,42,46)/t32-,33?/m0/s1. The first-order chi connectivity index (χ1) is 22.4. The maximum Gasteiger partial charge on any atom is 0.424 e. The zero-order chi connectivity index (χ0) is 34.8. The zero-order valence-corrected chi connectivity index (χ0v) is 26.1. The summed E-state index contributed by atoms with van der Waals surface area (Å²) < 4.78 is 63.9. The number of rotatable bonds is 8. The second-order valence-corrected chi connectivity index (χ2v) is 12.9. The van der Waals surface area contributed by atoms with Crippen molar-refractivity contribution >= 4 is 34.3 Å².